The molecule has 0 spiro atoms. The van der Waals surface area contributed by atoms with Crippen LogP contribution >= 0.6 is 0 Å². The number of carbonyl (C=O) groups is 2. The third-order valence-electron chi connectivity index (χ3n) is 3.23. The molecular weight excluding hydrogens is 296 g/mol. The maximum Gasteiger partial charge on any atom is 0.331 e. The van der Waals surface area contributed by atoms with E-state index in [2.05, 4.69) is 10.3 Å². The third kappa shape index (κ3) is 4.37. The van der Waals surface area contributed by atoms with Crippen molar-refractivity contribution in [2.45, 2.75) is 19.1 Å². The molecule has 1 heterocycles. The van der Waals surface area contributed by atoms with Gasteiger partial charge in [0.25, 0.3) is 5.91 Å². The first-order valence-electron chi connectivity index (χ1n) is 7.24. The highest BCUT2D eigenvalue weighted by Crippen LogP contribution is 2.18. The van der Waals surface area contributed by atoms with E-state index in [0.29, 0.717) is 11.1 Å². The van der Waals surface area contributed by atoms with Crippen LogP contribution in [0.15, 0.2) is 54.9 Å². The molecule has 0 aliphatic carbocycles. The molecule has 6 nitrogen and oxygen atoms in total. The number of esters is 1. The van der Waals surface area contributed by atoms with E-state index in [1.54, 1.807) is 37.3 Å². The largest absolute Gasteiger partial charge is 0.464 e. The van der Waals surface area contributed by atoms with Gasteiger partial charge in [0.2, 0.25) is 0 Å². The van der Waals surface area contributed by atoms with Crippen molar-refractivity contribution in [1.29, 1.82) is 0 Å². The smallest absolute Gasteiger partial charge is 0.331 e. The topological polar surface area (TPSA) is 88.5 Å². The molecule has 0 radical (unpaired) electrons. The van der Waals surface area contributed by atoms with Crippen LogP contribution in [0, 0.1) is 0 Å². The minimum Gasteiger partial charge on any atom is -0.464 e. The van der Waals surface area contributed by atoms with E-state index in [0.717, 1.165) is 0 Å². The van der Waals surface area contributed by atoms with Crippen molar-refractivity contribution in [2.24, 2.45) is 0 Å². The van der Waals surface area contributed by atoms with E-state index in [9.17, 15) is 14.7 Å². The predicted octanol–water partition coefficient (Wildman–Crippen LogP) is 1.48. The number of aliphatic hydroxyl groups excluding tert-OH is 1. The number of hydrogen-bond acceptors (Lipinski definition) is 5. The Bertz CT molecular complexity index is 646. The molecule has 1 aromatic carbocycles. The first-order valence-corrected chi connectivity index (χ1v) is 7.24. The Kier molecular flexibility index (Phi) is 5.82. The molecule has 120 valence electrons. The molecule has 2 unspecified atom stereocenters. The second kappa shape index (κ2) is 8.05. The molecule has 0 saturated heterocycles. The summed E-state index contributed by atoms with van der Waals surface area (Å²) in [6.07, 6.45) is 1.74. The number of rotatable bonds is 6. The van der Waals surface area contributed by atoms with Crippen LogP contribution in [0.1, 0.15) is 28.9 Å². The maximum atomic E-state index is 12.2. The summed E-state index contributed by atoms with van der Waals surface area (Å²) in [5.74, 6) is -1.17. The fourth-order valence-corrected chi connectivity index (χ4v) is 2.07. The summed E-state index contributed by atoms with van der Waals surface area (Å²) in [5, 5.41) is 13.0. The molecule has 23 heavy (non-hydrogen) atoms. The molecular formula is C17H18N2O4. The lowest BCUT2D eigenvalue weighted by Crippen LogP contribution is -2.46. The van der Waals surface area contributed by atoms with Gasteiger partial charge in [0.1, 0.15) is 6.10 Å². The Morgan fingerprint density at radius 1 is 1.17 bits per heavy atom. The molecule has 0 bridgehead atoms. The zero-order chi connectivity index (χ0) is 16.7. The second-order valence-corrected chi connectivity index (χ2v) is 4.79. The molecule has 0 aliphatic rings. The Balaban J connectivity index is 2.21. The van der Waals surface area contributed by atoms with Gasteiger partial charge in [-0.15, -0.1) is 0 Å². The van der Waals surface area contributed by atoms with Crippen LogP contribution in [0.25, 0.3) is 0 Å². The van der Waals surface area contributed by atoms with E-state index in [4.69, 9.17) is 4.74 Å². The van der Waals surface area contributed by atoms with E-state index in [-0.39, 0.29) is 6.61 Å². The number of nitrogens with zero attached hydrogens (tertiary/aromatic N) is 1. The van der Waals surface area contributed by atoms with Crippen molar-refractivity contribution < 1.29 is 19.4 Å². The van der Waals surface area contributed by atoms with Crippen LogP contribution in [0.2, 0.25) is 0 Å². The van der Waals surface area contributed by atoms with Gasteiger partial charge in [-0.1, -0.05) is 30.3 Å². The Morgan fingerprint density at radius 2 is 1.83 bits per heavy atom. The van der Waals surface area contributed by atoms with E-state index in [1.165, 1.54) is 24.5 Å². The number of amides is 1. The highest BCUT2D eigenvalue weighted by atomic mass is 16.5. The summed E-state index contributed by atoms with van der Waals surface area (Å²) in [7, 11) is 0. The van der Waals surface area contributed by atoms with Crippen LogP contribution < -0.4 is 5.32 Å². The standard InChI is InChI=1S/C17H18N2O4/c1-2-23-17(22)14(15(20)12-6-4-3-5-7-12)19-16(21)13-8-10-18-11-9-13/h3-11,14-15,20H,2H2,1H3,(H,19,21). The minimum atomic E-state index is -1.21. The average Bonchev–Trinajstić information content (AvgIpc) is 2.60. The summed E-state index contributed by atoms with van der Waals surface area (Å²) >= 11 is 0. The fraction of sp³-hybridized carbons (Fsp3) is 0.235. The number of carbonyl (C=O) groups excluding carboxylic acids is 2. The normalized spacial score (nSPS) is 13.0. The zero-order valence-corrected chi connectivity index (χ0v) is 12.7. The number of benzene rings is 1. The van der Waals surface area contributed by atoms with Crippen molar-refractivity contribution in [1.82, 2.24) is 10.3 Å². The first kappa shape index (κ1) is 16.6. The number of pyridine rings is 1. The zero-order valence-electron chi connectivity index (χ0n) is 12.7. The number of aromatic nitrogens is 1. The van der Waals surface area contributed by atoms with Gasteiger partial charge < -0.3 is 15.2 Å². The minimum absolute atomic E-state index is 0.155. The van der Waals surface area contributed by atoms with Crippen molar-refractivity contribution in [3.05, 3.63) is 66.0 Å². The Hall–Kier alpha value is -2.73. The van der Waals surface area contributed by atoms with Gasteiger partial charge in [0.05, 0.1) is 6.61 Å². The molecule has 1 aromatic heterocycles. The number of aliphatic hydroxyl groups is 1. The quantitative estimate of drug-likeness (QED) is 0.788. The van der Waals surface area contributed by atoms with Gasteiger partial charge in [-0.25, -0.2) is 4.79 Å². The number of nitrogens with one attached hydrogen (secondary N) is 1. The van der Waals surface area contributed by atoms with Crippen molar-refractivity contribution in [2.75, 3.05) is 6.61 Å². The highest BCUT2D eigenvalue weighted by Gasteiger charge is 2.31. The lowest BCUT2D eigenvalue weighted by atomic mass is 10.0. The van der Waals surface area contributed by atoms with Gasteiger partial charge in [0.15, 0.2) is 6.04 Å². The van der Waals surface area contributed by atoms with E-state index in [1.807, 2.05) is 0 Å². The lowest BCUT2D eigenvalue weighted by Gasteiger charge is -2.22. The molecule has 0 aliphatic heterocycles. The molecule has 2 rings (SSSR count). The van der Waals surface area contributed by atoms with Crippen LogP contribution in [0.3, 0.4) is 0 Å². The Morgan fingerprint density at radius 3 is 2.43 bits per heavy atom. The Labute approximate surface area is 134 Å². The van der Waals surface area contributed by atoms with Gasteiger partial charge in [0, 0.05) is 18.0 Å². The molecule has 2 N–H and O–H groups in total. The molecule has 2 aromatic rings. The fourth-order valence-electron chi connectivity index (χ4n) is 2.07. The number of ether oxygens (including phenoxy) is 1. The van der Waals surface area contributed by atoms with Crippen LogP contribution in [0.5, 0.6) is 0 Å². The third-order valence-corrected chi connectivity index (χ3v) is 3.23. The van der Waals surface area contributed by atoms with Crippen LogP contribution in [0.4, 0.5) is 0 Å². The van der Waals surface area contributed by atoms with Gasteiger partial charge in [-0.3, -0.25) is 9.78 Å². The monoisotopic (exact) mass is 314 g/mol. The van der Waals surface area contributed by atoms with Crippen LogP contribution in [-0.4, -0.2) is 34.6 Å². The summed E-state index contributed by atoms with van der Waals surface area (Å²) in [6, 6.07) is 10.5. The van der Waals surface area contributed by atoms with E-state index < -0.39 is 24.0 Å². The second-order valence-electron chi connectivity index (χ2n) is 4.79. The van der Waals surface area contributed by atoms with Crippen molar-refractivity contribution >= 4 is 11.9 Å². The molecule has 2 atom stereocenters. The summed E-state index contributed by atoms with van der Waals surface area (Å²) < 4.78 is 4.96. The first-order chi connectivity index (χ1) is 11.1. The average molecular weight is 314 g/mol. The molecule has 1 amide bonds. The summed E-state index contributed by atoms with van der Waals surface area (Å²) in [6.45, 7) is 1.82. The van der Waals surface area contributed by atoms with Crippen molar-refractivity contribution in [3.63, 3.8) is 0 Å². The maximum absolute atomic E-state index is 12.2. The molecule has 0 fully saturated rings. The lowest BCUT2D eigenvalue weighted by molar-refractivity contribution is -0.148. The van der Waals surface area contributed by atoms with Gasteiger partial charge >= 0.3 is 5.97 Å². The van der Waals surface area contributed by atoms with Crippen molar-refractivity contribution in [3.8, 4) is 0 Å². The summed E-state index contributed by atoms with van der Waals surface area (Å²) in [4.78, 5) is 28.2. The summed E-state index contributed by atoms with van der Waals surface area (Å²) in [5.41, 5.74) is 0.857. The van der Waals surface area contributed by atoms with Gasteiger partial charge in [-0.05, 0) is 24.6 Å². The molecule has 0 saturated carbocycles. The number of hydrogen-bond donors (Lipinski definition) is 2. The van der Waals surface area contributed by atoms with E-state index >= 15 is 0 Å². The van der Waals surface area contributed by atoms with Crippen LogP contribution in [-0.2, 0) is 9.53 Å². The molecule has 6 heteroatoms. The highest BCUT2D eigenvalue weighted by molar-refractivity contribution is 5.96. The predicted molar refractivity (Wildman–Crippen MR) is 83.5 cm³/mol. The SMILES string of the molecule is CCOC(=O)C(NC(=O)c1ccncc1)C(O)c1ccccc1. The van der Waals surface area contributed by atoms with Gasteiger partial charge in [-0.2, -0.15) is 0 Å².